The van der Waals surface area contributed by atoms with E-state index in [1.165, 1.54) is 36.7 Å². The molecule has 5 heterocycles. The molecule has 1 saturated heterocycles. The van der Waals surface area contributed by atoms with Gasteiger partial charge in [-0.2, -0.15) is 5.10 Å². The lowest BCUT2D eigenvalue weighted by Crippen LogP contribution is -2.29. The Bertz CT molecular complexity index is 1330. The van der Waals surface area contributed by atoms with Crippen molar-refractivity contribution in [3.63, 3.8) is 0 Å². The zero-order valence-corrected chi connectivity index (χ0v) is 16.5. The monoisotopic (exact) mass is 395 g/mol. The van der Waals surface area contributed by atoms with Crippen LogP contribution in [0.15, 0.2) is 55.1 Å². The number of hydrogen-bond acceptors (Lipinski definition) is 5. The van der Waals surface area contributed by atoms with Crippen LogP contribution in [0.3, 0.4) is 0 Å². The van der Waals surface area contributed by atoms with Crippen molar-refractivity contribution in [3.8, 4) is 22.6 Å². The summed E-state index contributed by atoms with van der Waals surface area (Å²) in [6.07, 6.45) is 8.91. The molecule has 2 N–H and O–H groups in total. The lowest BCUT2D eigenvalue weighted by molar-refractivity contribution is 0.579. The van der Waals surface area contributed by atoms with E-state index in [-0.39, 0.29) is 0 Å². The summed E-state index contributed by atoms with van der Waals surface area (Å²) in [4.78, 5) is 19.1. The number of aromatic nitrogens is 6. The van der Waals surface area contributed by atoms with E-state index in [1.54, 1.807) is 12.4 Å². The summed E-state index contributed by atoms with van der Waals surface area (Å²) in [5, 5.41) is 8.92. The molecule has 1 aliphatic heterocycles. The molecule has 6 rings (SSSR count). The van der Waals surface area contributed by atoms with E-state index in [0.29, 0.717) is 0 Å². The van der Waals surface area contributed by atoms with Crippen LogP contribution in [0, 0.1) is 0 Å². The Morgan fingerprint density at radius 2 is 1.77 bits per heavy atom. The molecule has 1 fully saturated rings. The molecule has 0 saturated carbocycles. The first kappa shape index (κ1) is 17.1. The number of anilines is 1. The molecule has 0 unspecified atom stereocenters. The average molecular weight is 395 g/mol. The molecule has 7 heteroatoms. The number of pyridine rings is 1. The first-order chi connectivity index (χ1) is 14.9. The smallest absolute Gasteiger partial charge is 0.135 e. The maximum absolute atomic E-state index is 4.86. The molecule has 1 aromatic carbocycles. The Morgan fingerprint density at radius 3 is 2.63 bits per heavy atom. The highest BCUT2D eigenvalue weighted by Gasteiger charge is 2.18. The molecule has 4 aromatic heterocycles. The van der Waals surface area contributed by atoms with Gasteiger partial charge in [-0.25, -0.2) is 15.0 Å². The van der Waals surface area contributed by atoms with Gasteiger partial charge in [-0.05, 0) is 49.6 Å². The quantitative estimate of drug-likeness (QED) is 0.468. The minimum atomic E-state index is 0.824. The SMILES string of the molecule is c1cc(N2CCCCC2)c2cc(-c3n[nH]c4ccc(-c5cncnc5)nc34)[nH]c2c1. The highest BCUT2D eigenvalue weighted by molar-refractivity contribution is 5.99. The largest absolute Gasteiger partial charge is 0.371 e. The predicted octanol–water partition coefficient (Wildman–Crippen LogP) is 4.55. The van der Waals surface area contributed by atoms with Crippen LogP contribution in [0.1, 0.15) is 19.3 Å². The van der Waals surface area contributed by atoms with E-state index in [2.05, 4.69) is 54.3 Å². The molecule has 0 radical (unpaired) electrons. The van der Waals surface area contributed by atoms with Gasteiger partial charge in [-0.1, -0.05) is 6.07 Å². The third-order valence-corrected chi connectivity index (χ3v) is 5.86. The van der Waals surface area contributed by atoms with Crippen molar-refractivity contribution < 1.29 is 0 Å². The Balaban J connectivity index is 1.47. The molecule has 0 atom stereocenters. The van der Waals surface area contributed by atoms with Crippen LogP contribution < -0.4 is 4.90 Å². The van der Waals surface area contributed by atoms with Crippen LogP contribution in [0.5, 0.6) is 0 Å². The molecule has 1 aliphatic rings. The zero-order valence-electron chi connectivity index (χ0n) is 16.5. The Morgan fingerprint density at radius 1 is 0.900 bits per heavy atom. The Hall–Kier alpha value is -3.74. The predicted molar refractivity (Wildman–Crippen MR) is 118 cm³/mol. The van der Waals surface area contributed by atoms with E-state index in [4.69, 9.17) is 4.98 Å². The normalized spacial score (nSPS) is 14.6. The number of piperidine rings is 1. The average Bonchev–Trinajstić information content (AvgIpc) is 3.43. The van der Waals surface area contributed by atoms with E-state index in [1.807, 2.05) is 12.1 Å². The van der Waals surface area contributed by atoms with Gasteiger partial charge in [0.2, 0.25) is 0 Å². The Kier molecular flexibility index (Phi) is 3.97. The van der Waals surface area contributed by atoms with Crippen molar-refractivity contribution in [1.29, 1.82) is 0 Å². The first-order valence-corrected chi connectivity index (χ1v) is 10.3. The van der Waals surface area contributed by atoms with E-state index >= 15 is 0 Å². The van der Waals surface area contributed by atoms with E-state index in [9.17, 15) is 0 Å². The molecule has 30 heavy (non-hydrogen) atoms. The fourth-order valence-corrected chi connectivity index (χ4v) is 4.36. The van der Waals surface area contributed by atoms with E-state index in [0.717, 1.165) is 52.3 Å². The second-order valence-electron chi connectivity index (χ2n) is 7.76. The maximum Gasteiger partial charge on any atom is 0.135 e. The molecular weight excluding hydrogens is 374 g/mol. The molecule has 5 aromatic rings. The van der Waals surface area contributed by atoms with Gasteiger partial charge in [0.1, 0.15) is 17.5 Å². The lowest BCUT2D eigenvalue weighted by Gasteiger charge is -2.29. The van der Waals surface area contributed by atoms with Crippen LogP contribution >= 0.6 is 0 Å². The maximum atomic E-state index is 4.86. The van der Waals surface area contributed by atoms with Crippen molar-refractivity contribution in [2.45, 2.75) is 19.3 Å². The highest BCUT2D eigenvalue weighted by atomic mass is 15.1. The van der Waals surface area contributed by atoms with Gasteiger partial charge >= 0.3 is 0 Å². The standard InChI is InChI=1S/C23H21N7/c1-2-9-30(10-3-1)21-6-4-5-18-16(21)11-20(26-18)23-22-19(28-29-23)8-7-17(27-22)15-12-24-14-25-13-15/h4-8,11-14,26H,1-3,9-10H2,(H,28,29). The third-order valence-electron chi connectivity index (χ3n) is 5.86. The molecule has 0 bridgehead atoms. The number of nitrogens with one attached hydrogen (secondary N) is 2. The first-order valence-electron chi connectivity index (χ1n) is 10.3. The summed E-state index contributed by atoms with van der Waals surface area (Å²) < 4.78 is 0. The van der Waals surface area contributed by atoms with Crippen molar-refractivity contribution >= 4 is 27.6 Å². The zero-order chi connectivity index (χ0) is 19.9. The second kappa shape index (κ2) is 6.95. The number of aromatic amines is 2. The fraction of sp³-hybridized carbons (Fsp3) is 0.217. The molecule has 0 aliphatic carbocycles. The van der Waals surface area contributed by atoms with Crippen LogP contribution in [0.25, 0.3) is 44.6 Å². The molecule has 0 amide bonds. The lowest BCUT2D eigenvalue weighted by atomic mass is 10.1. The van der Waals surface area contributed by atoms with Crippen molar-refractivity contribution in [2.75, 3.05) is 18.0 Å². The highest BCUT2D eigenvalue weighted by Crippen LogP contribution is 2.34. The number of fused-ring (bicyclic) bond motifs is 2. The third kappa shape index (κ3) is 2.82. The molecule has 7 nitrogen and oxygen atoms in total. The van der Waals surface area contributed by atoms with Crippen LogP contribution in [-0.2, 0) is 0 Å². The van der Waals surface area contributed by atoms with Gasteiger partial charge in [0, 0.05) is 47.6 Å². The van der Waals surface area contributed by atoms with Gasteiger partial charge in [0.15, 0.2) is 0 Å². The molecule has 148 valence electrons. The minimum Gasteiger partial charge on any atom is -0.371 e. The van der Waals surface area contributed by atoms with Crippen LogP contribution in [0.4, 0.5) is 5.69 Å². The van der Waals surface area contributed by atoms with Crippen molar-refractivity contribution in [1.82, 2.24) is 30.1 Å². The van der Waals surface area contributed by atoms with Gasteiger partial charge in [-0.3, -0.25) is 5.10 Å². The Labute approximate surface area is 173 Å². The van der Waals surface area contributed by atoms with Crippen LogP contribution in [0.2, 0.25) is 0 Å². The minimum absolute atomic E-state index is 0.824. The summed E-state index contributed by atoms with van der Waals surface area (Å²) in [6.45, 7) is 2.24. The van der Waals surface area contributed by atoms with Gasteiger partial charge in [0.05, 0.1) is 16.9 Å². The fourth-order valence-electron chi connectivity index (χ4n) is 4.36. The summed E-state index contributed by atoms with van der Waals surface area (Å²) >= 11 is 0. The number of H-pyrrole nitrogens is 2. The van der Waals surface area contributed by atoms with Crippen LogP contribution in [-0.4, -0.2) is 43.2 Å². The van der Waals surface area contributed by atoms with Gasteiger partial charge < -0.3 is 9.88 Å². The van der Waals surface area contributed by atoms with Crippen molar-refractivity contribution in [3.05, 3.63) is 55.1 Å². The van der Waals surface area contributed by atoms with E-state index < -0.39 is 0 Å². The summed E-state index contributed by atoms with van der Waals surface area (Å²) in [7, 11) is 0. The number of nitrogens with zero attached hydrogens (tertiary/aromatic N) is 5. The number of rotatable bonds is 3. The summed E-state index contributed by atoms with van der Waals surface area (Å²) in [5.74, 6) is 0. The summed E-state index contributed by atoms with van der Waals surface area (Å²) in [6, 6.07) is 12.6. The number of hydrogen-bond donors (Lipinski definition) is 2. The topological polar surface area (TPSA) is 86.4 Å². The molecule has 0 spiro atoms. The summed E-state index contributed by atoms with van der Waals surface area (Å²) in [5.41, 5.74) is 7.66. The second-order valence-corrected chi connectivity index (χ2v) is 7.76. The van der Waals surface area contributed by atoms with Gasteiger partial charge in [-0.15, -0.1) is 0 Å². The van der Waals surface area contributed by atoms with Crippen molar-refractivity contribution in [2.24, 2.45) is 0 Å². The van der Waals surface area contributed by atoms with Gasteiger partial charge in [0.25, 0.3) is 0 Å². The number of benzene rings is 1. The molecular formula is C23H21N7.